The molecule has 0 spiro atoms. The molecule has 1 heterocycles. The Kier molecular flexibility index (Phi) is 8.57. The fourth-order valence-electron chi connectivity index (χ4n) is 4.14. The van der Waals surface area contributed by atoms with E-state index in [0.717, 1.165) is 37.9 Å². The molecule has 4 nitrogen and oxygen atoms in total. The Labute approximate surface area is 186 Å². The van der Waals surface area contributed by atoms with E-state index in [1.807, 2.05) is 25.1 Å². The van der Waals surface area contributed by atoms with Crippen LogP contribution < -0.4 is 9.64 Å². The lowest BCUT2D eigenvalue weighted by Crippen LogP contribution is -2.35. The highest BCUT2D eigenvalue weighted by molar-refractivity contribution is 5.69. The highest BCUT2D eigenvalue weighted by Gasteiger charge is 2.23. The molecule has 0 amide bonds. The van der Waals surface area contributed by atoms with Crippen molar-refractivity contribution in [3.63, 3.8) is 0 Å². The van der Waals surface area contributed by atoms with Gasteiger partial charge in [0.05, 0.1) is 6.61 Å². The Morgan fingerprint density at radius 2 is 1.97 bits per heavy atom. The Balaban J connectivity index is 1.49. The largest absolute Gasteiger partial charge is 0.489 e. The number of ether oxygens (including phenoxy) is 2. The second kappa shape index (κ2) is 11.6. The molecule has 0 aliphatic carbocycles. The van der Waals surface area contributed by atoms with Gasteiger partial charge in [0.25, 0.3) is 0 Å². The topological polar surface area (TPSA) is 38.8 Å². The molecule has 4 heteroatoms. The lowest BCUT2D eigenvalue weighted by Gasteiger charge is -2.36. The molecule has 1 unspecified atom stereocenters. The molecule has 1 atom stereocenters. The van der Waals surface area contributed by atoms with Gasteiger partial charge in [0, 0.05) is 25.2 Å². The van der Waals surface area contributed by atoms with Crippen LogP contribution in [-0.2, 0) is 22.6 Å². The molecule has 0 N–H and O–H groups in total. The second-order valence-corrected chi connectivity index (χ2v) is 8.30. The van der Waals surface area contributed by atoms with Crippen molar-refractivity contribution in [1.82, 2.24) is 0 Å². The van der Waals surface area contributed by atoms with Crippen molar-refractivity contribution < 1.29 is 14.3 Å². The van der Waals surface area contributed by atoms with Crippen LogP contribution in [0, 0.1) is 0 Å². The van der Waals surface area contributed by atoms with Crippen molar-refractivity contribution in [3.05, 3.63) is 71.3 Å². The van der Waals surface area contributed by atoms with Crippen LogP contribution in [0.1, 0.15) is 57.1 Å². The number of carbonyl (C=O) groups excluding carboxylic acids is 1. The first kappa shape index (κ1) is 22.9. The third-order valence-corrected chi connectivity index (χ3v) is 6.00. The smallest absolute Gasteiger partial charge is 0.306 e. The molecule has 3 rings (SSSR count). The monoisotopic (exact) mass is 421 g/mol. The molecule has 166 valence electrons. The van der Waals surface area contributed by atoms with Crippen molar-refractivity contribution in [2.45, 2.75) is 65.0 Å². The maximum atomic E-state index is 11.5. The molecule has 0 fully saturated rings. The lowest BCUT2D eigenvalue weighted by atomic mass is 9.93. The van der Waals surface area contributed by atoms with Gasteiger partial charge in [-0.05, 0) is 75.3 Å². The minimum absolute atomic E-state index is 0.106. The minimum Gasteiger partial charge on any atom is -0.489 e. The van der Waals surface area contributed by atoms with Gasteiger partial charge < -0.3 is 14.4 Å². The average Bonchev–Trinajstić information content (AvgIpc) is 2.79. The van der Waals surface area contributed by atoms with Crippen LogP contribution in [0.3, 0.4) is 0 Å². The highest BCUT2D eigenvalue weighted by Crippen LogP contribution is 2.34. The van der Waals surface area contributed by atoms with Crippen molar-refractivity contribution >= 4 is 11.7 Å². The summed E-state index contributed by atoms with van der Waals surface area (Å²) in [6.07, 6.45) is 7.94. The third-order valence-electron chi connectivity index (χ3n) is 6.00. The maximum Gasteiger partial charge on any atom is 0.306 e. The van der Waals surface area contributed by atoms with Gasteiger partial charge in [-0.15, -0.1) is 0 Å². The molecule has 0 saturated carbocycles. The van der Waals surface area contributed by atoms with Crippen LogP contribution >= 0.6 is 0 Å². The fourth-order valence-corrected chi connectivity index (χ4v) is 4.14. The number of anilines is 1. The summed E-state index contributed by atoms with van der Waals surface area (Å²) in [5.74, 6) is 0.834. The maximum absolute atomic E-state index is 11.5. The third kappa shape index (κ3) is 6.88. The number of fused-ring (bicyclic) bond motifs is 1. The van der Waals surface area contributed by atoms with E-state index in [4.69, 9.17) is 9.47 Å². The summed E-state index contributed by atoms with van der Waals surface area (Å²) in [7, 11) is 2.20. The van der Waals surface area contributed by atoms with Gasteiger partial charge in [0.1, 0.15) is 12.4 Å². The molecule has 2 aromatic carbocycles. The number of rotatable bonds is 10. The summed E-state index contributed by atoms with van der Waals surface area (Å²) in [5, 5.41) is 0. The zero-order valence-corrected chi connectivity index (χ0v) is 19.1. The zero-order valence-electron chi connectivity index (χ0n) is 19.1. The van der Waals surface area contributed by atoms with E-state index in [9.17, 15) is 4.79 Å². The summed E-state index contributed by atoms with van der Waals surface area (Å²) in [5.41, 5.74) is 5.13. The number of allylic oxidation sites excluding steroid dienone is 2. The lowest BCUT2D eigenvalue weighted by molar-refractivity contribution is -0.143. The summed E-state index contributed by atoms with van der Waals surface area (Å²) < 4.78 is 11.0. The van der Waals surface area contributed by atoms with E-state index in [2.05, 4.69) is 55.3 Å². The van der Waals surface area contributed by atoms with E-state index in [1.165, 1.54) is 22.4 Å². The van der Waals surface area contributed by atoms with E-state index in [0.29, 0.717) is 25.7 Å². The predicted molar refractivity (Wildman–Crippen MR) is 127 cm³/mol. The molecule has 0 radical (unpaired) electrons. The number of nitrogens with zero attached hydrogens (tertiary/aromatic N) is 1. The van der Waals surface area contributed by atoms with E-state index in [-0.39, 0.29) is 5.97 Å². The molecule has 1 aliphatic heterocycles. The van der Waals surface area contributed by atoms with Crippen LogP contribution in [0.5, 0.6) is 5.75 Å². The van der Waals surface area contributed by atoms with Crippen LogP contribution in [0.4, 0.5) is 5.69 Å². The molecule has 0 aromatic heterocycles. The molecule has 2 aromatic rings. The number of aryl methyl sites for hydroxylation is 1. The number of benzene rings is 2. The molecule has 0 bridgehead atoms. The molecular formula is C27H35NO3. The first-order valence-corrected chi connectivity index (χ1v) is 11.4. The van der Waals surface area contributed by atoms with Gasteiger partial charge >= 0.3 is 5.97 Å². The Hall–Kier alpha value is -2.75. The first-order valence-electron chi connectivity index (χ1n) is 11.4. The molecule has 1 aliphatic rings. The van der Waals surface area contributed by atoms with Gasteiger partial charge in [-0.1, -0.05) is 42.0 Å². The van der Waals surface area contributed by atoms with Crippen molar-refractivity contribution in [2.75, 3.05) is 18.6 Å². The van der Waals surface area contributed by atoms with Crippen molar-refractivity contribution in [1.29, 1.82) is 0 Å². The van der Waals surface area contributed by atoms with Crippen molar-refractivity contribution in [2.24, 2.45) is 0 Å². The highest BCUT2D eigenvalue weighted by atomic mass is 16.5. The minimum atomic E-state index is -0.106. The predicted octanol–water partition coefficient (Wildman–Crippen LogP) is 6.09. The average molecular weight is 422 g/mol. The fraction of sp³-hybridized carbons (Fsp3) is 0.444. The van der Waals surface area contributed by atoms with E-state index >= 15 is 0 Å². The SMILES string of the molecule is CCOC(=O)CC/C(C)=C/CCC1CCc2cc(OCc3ccccc3)ccc2N1C. The Bertz CT molecular complexity index is 875. The van der Waals surface area contributed by atoms with Crippen LogP contribution in [0.2, 0.25) is 0 Å². The zero-order chi connectivity index (χ0) is 22.1. The van der Waals surface area contributed by atoms with Crippen LogP contribution in [0.15, 0.2) is 60.2 Å². The molecular weight excluding hydrogens is 386 g/mol. The van der Waals surface area contributed by atoms with Gasteiger partial charge in [-0.2, -0.15) is 0 Å². The molecule has 0 saturated heterocycles. The quantitative estimate of drug-likeness (QED) is 0.344. The van der Waals surface area contributed by atoms with Gasteiger partial charge in [0.15, 0.2) is 0 Å². The Morgan fingerprint density at radius 3 is 2.74 bits per heavy atom. The summed E-state index contributed by atoms with van der Waals surface area (Å²) >= 11 is 0. The standard InChI is InChI=1S/C27H35NO3/c1-4-30-27(29)18-13-21(2)9-8-12-24-15-14-23-19-25(16-17-26(23)28(24)3)31-20-22-10-6-5-7-11-22/h5-7,9-11,16-17,19,24H,4,8,12-15,18,20H2,1-3H3/b21-9+. The summed E-state index contributed by atoms with van der Waals surface area (Å²) in [4.78, 5) is 13.9. The van der Waals surface area contributed by atoms with Crippen molar-refractivity contribution in [3.8, 4) is 5.75 Å². The van der Waals surface area contributed by atoms with Crippen LogP contribution in [-0.4, -0.2) is 25.7 Å². The molecule has 31 heavy (non-hydrogen) atoms. The first-order chi connectivity index (χ1) is 15.1. The van der Waals surface area contributed by atoms with Gasteiger partial charge in [0.2, 0.25) is 0 Å². The Morgan fingerprint density at radius 1 is 1.16 bits per heavy atom. The number of hydrogen-bond acceptors (Lipinski definition) is 4. The number of hydrogen-bond donors (Lipinski definition) is 0. The number of carbonyl (C=O) groups is 1. The second-order valence-electron chi connectivity index (χ2n) is 8.30. The van der Waals surface area contributed by atoms with E-state index in [1.54, 1.807) is 0 Å². The normalized spacial score (nSPS) is 16.0. The summed E-state index contributed by atoms with van der Waals surface area (Å²) in [6.45, 7) is 5.01. The summed E-state index contributed by atoms with van der Waals surface area (Å²) in [6, 6.07) is 17.3. The van der Waals surface area contributed by atoms with Gasteiger partial charge in [-0.3, -0.25) is 4.79 Å². The number of esters is 1. The van der Waals surface area contributed by atoms with Gasteiger partial charge in [-0.25, -0.2) is 0 Å². The van der Waals surface area contributed by atoms with Crippen LogP contribution in [0.25, 0.3) is 0 Å². The van der Waals surface area contributed by atoms with E-state index < -0.39 is 0 Å².